The maximum atomic E-state index is 11.5. The molecule has 2 amide bonds. The summed E-state index contributed by atoms with van der Waals surface area (Å²) in [7, 11) is 1.57. The van der Waals surface area contributed by atoms with E-state index in [9.17, 15) is 9.59 Å². The van der Waals surface area contributed by atoms with Crippen molar-refractivity contribution in [3.8, 4) is 0 Å². The molecule has 0 saturated heterocycles. The Bertz CT molecular complexity index is 223. The molecule has 0 rings (SSSR count). The first-order valence-electron chi connectivity index (χ1n) is 4.69. The summed E-state index contributed by atoms with van der Waals surface area (Å²) in [5.41, 5.74) is 0. The lowest BCUT2D eigenvalue weighted by Gasteiger charge is -2.17. The average Bonchev–Trinajstić information content (AvgIpc) is 2.21. The lowest BCUT2D eigenvalue weighted by Crippen LogP contribution is -2.48. The quantitative estimate of drug-likeness (QED) is 0.546. The third-order valence-electron chi connectivity index (χ3n) is 1.84. The van der Waals surface area contributed by atoms with Crippen LogP contribution < -0.4 is 10.6 Å². The largest absolute Gasteiger partial charge is 0.380 e. The molecule has 2 N–H and O–H groups in total. The first-order chi connectivity index (χ1) is 7.01. The lowest BCUT2D eigenvalue weighted by molar-refractivity contribution is -0.127. The van der Waals surface area contributed by atoms with Crippen LogP contribution in [0.5, 0.6) is 0 Å². The minimum atomic E-state index is -0.588. The van der Waals surface area contributed by atoms with Gasteiger partial charge in [-0.2, -0.15) is 12.6 Å². The molecule has 0 spiro atoms. The van der Waals surface area contributed by atoms with E-state index >= 15 is 0 Å². The van der Waals surface area contributed by atoms with E-state index in [0.717, 1.165) is 0 Å². The normalized spacial score (nSPS) is 14.1. The summed E-state index contributed by atoms with van der Waals surface area (Å²) < 4.78 is 4.97. The van der Waals surface area contributed by atoms with E-state index in [2.05, 4.69) is 23.3 Å². The molecule has 0 radical (unpaired) electrons. The van der Waals surface area contributed by atoms with Gasteiger partial charge in [0.05, 0.1) is 6.10 Å². The van der Waals surface area contributed by atoms with Crippen molar-refractivity contribution in [2.75, 3.05) is 19.4 Å². The van der Waals surface area contributed by atoms with Gasteiger partial charge in [0.2, 0.25) is 11.8 Å². The fourth-order valence-corrected chi connectivity index (χ4v) is 1.15. The summed E-state index contributed by atoms with van der Waals surface area (Å²) in [5, 5.41) is 5.17. The van der Waals surface area contributed by atoms with Gasteiger partial charge >= 0.3 is 0 Å². The zero-order valence-electron chi connectivity index (χ0n) is 9.24. The molecule has 0 aliphatic carbocycles. The number of nitrogens with one attached hydrogen (secondary N) is 2. The summed E-state index contributed by atoms with van der Waals surface area (Å²) >= 11 is 3.99. The number of hydrogen-bond donors (Lipinski definition) is 3. The highest BCUT2D eigenvalue weighted by atomic mass is 32.1. The van der Waals surface area contributed by atoms with Crippen molar-refractivity contribution in [1.29, 1.82) is 0 Å². The van der Waals surface area contributed by atoms with Gasteiger partial charge in [-0.15, -0.1) is 0 Å². The van der Waals surface area contributed by atoms with Gasteiger partial charge in [0.1, 0.15) is 6.04 Å². The van der Waals surface area contributed by atoms with E-state index in [1.807, 2.05) is 6.92 Å². The minimum Gasteiger partial charge on any atom is -0.380 e. The second kappa shape index (κ2) is 7.53. The summed E-state index contributed by atoms with van der Waals surface area (Å²) in [6.45, 7) is 3.62. The zero-order chi connectivity index (χ0) is 11.8. The summed E-state index contributed by atoms with van der Waals surface area (Å²) in [4.78, 5) is 22.3. The van der Waals surface area contributed by atoms with Crippen LogP contribution in [-0.4, -0.2) is 43.4 Å². The van der Waals surface area contributed by atoms with Crippen LogP contribution in [0.3, 0.4) is 0 Å². The number of amides is 2. The summed E-state index contributed by atoms with van der Waals surface area (Å²) in [6, 6.07) is -0.588. The molecule has 0 bridgehead atoms. The third-order valence-corrected chi connectivity index (χ3v) is 2.21. The highest BCUT2D eigenvalue weighted by Crippen LogP contribution is 1.90. The van der Waals surface area contributed by atoms with Crippen molar-refractivity contribution in [3.05, 3.63) is 0 Å². The predicted molar refractivity (Wildman–Crippen MR) is 60.9 cm³/mol. The molecule has 0 aromatic rings. The second-order valence-corrected chi connectivity index (χ2v) is 3.59. The first-order valence-corrected chi connectivity index (χ1v) is 5.33. The van der Waals surface area contributed by atoms with Gasteiger partial charge < -0.3 is 15.4 Å². The lowest BCUT2D eigenvalue weighted by atomic mass is 10.3. The van der Waals surface area contributed by atoms with Crippen molar-refractivity contribution in [2.45, 2.75) is 26.0 Å². The van der Waals surface area contributed by atoms with Crippen LogP contribution in [-0.2, 0) is 14.3 Å². The molecular weight excluding hydrogens is 216 g/mol. The number of carbonyl (C=O) groups excluding carboxylic acids is 2. The Morgan fingerprint density at radius 2 is 2.07 bits per heavy atom. The fraction of sp³-hybridized carbons (Fsp3) is 0.778. The minimum absolute atomic E-state index is 0.0492. The number of carbonyl (C=O) groups is 2. The van der Waals surface area contributed by atoms with E-state index in [4.69, 9.17) is 4.74 Å². The molecule has 0 aliphatic heterocycles. The van der Waals surface area contributed by atoms with Crippen molar-refractivity contribution < 1.29 is 14.3 Å². The van der Waals surface area contributed by atoms with E-state index in [1.165, 1.54) is 6.92 Å². The monoisotopic (exact) mass is 234 g/mol. The van der Waals surface area contributed by atoms with Crippen molar-refractivity contribution in [3.63, 3.8) is 0 Å². The van der Waals surface area contributed by atoms with Gasteiger partial charge in [0.15, 0.2) is 0 Å². The number of methoxy groups -OCH3 is 1. The molecule has 2 atom stereocenters. The first kappa shape index (κ1) is 14.2. The molecule has 0 aromatic heterocycles. The van der Waals surface area contributed by atoms with Crippen LogP contribution in [0.4, 0.5) is 0 Å². The van der Waals surface area contributed by atoms with Crippen LogP contribution in [0.1, 0.15) is 13.8 Å². The van der Waals surface area contributed by atoms with E-state index in [1.54, 1.807) is 7.11 Å². The molecule has 0 aromatic carbocycles. The van der Waals surface area contributed by atoms with Crippen LogP contribution in [0, 0.1) is 0 Å². The number of thiol groups is 1. The molecule has 0 aliphatic rings. The maximum Gasteiger partial charge on any atom is 0.243 e. The van der Waals surface area contributed by atoms with Crippen LogP contribution in [0.15, 0.2) is 0 Å². The van der Waals surface area contributed by atoms with Gasteiger partial charge in [-0.1, -0.05) is 0 Å². The van der Waals surface area contributed by atoms with E-state index in [-0.39, 0.29) is 23.7 Å². The van der Waals surface area contributed by atoms with Gasteiger partial charge in [0, 0.05) is 26.3 Å². The third kappa shape index (κ3) is 6.35. The van der Waals surface area contributed by atoms with Gasteiger partial charge in [0.25, 0.3) is 0 Å². The van der Waals surface area contributed by atoms with Crippen molar-refractivity contribution >= 4 is 24.4 Å². The Morgan fingerprint density at radius 3 is 2.47 bits per heavy atom. The van der Waals surface area contributed by atoms with Crippen molar-refractivity contribution in [1.82, 2.24) is 10.6 Å². The molecule has 2 unspecified atom stereocenters. The Balaban J connectivity index is 3.99. The molecule has 0 fully saturated rings. The average molecular weight is 234 g/mol. The second-order valence-electron chi connectivity index (χ2n) is 3.23. The van der Waals surface area contributed by atoms with E-state index in [0.29, 0.717) is 6.54 Å². The highest BCUT2D eigenvalue weighted by Gasteiger charge is 2.17. The Morgan fingerprint density at radius 1 is 1.47 bits per heavy atom. The molecule has 0 heterocycles. The Kier molecular flexibility index (Phi) is 7.15. The molecule has 88 valence electrons. The number of ether oxygens (including phenoxy) is 1. The molecular formula is C9H18N2O3S. The Labute approximate surface area is 95.4 Å². The standard InChI is InChI=1S/C9H18N2O3S/c1-6(14-3)4-10-9(13)8(5-15)11-7(2)12/h6,8,15H,4-5H2,1-3H3,(H,10,13)(H,11,12). The predicted octanol–water partition coefficient (Wildman–Crippen LogP) is -0.428. The highest BCUT2D eigenvalue weighted by molar-refractivity contribution is 7.80. The number of hydrogen-bond acceptors (Lipinski definition) is 4. The molecule has 0 saturated carbocycles. The van der Waals surface area contributed by atoms with Gasteiger partial charge in [-0.05, 0) is 6.92 Å². The van der Waals surface area contributed by atoms with E-state index < -0.39 is 6.04 Å². The smallest absolute Gasteiger partial charge is 0.243 e. The fourth-order valence-electron chi connectivity index (χ4n) is 0.890. The molecule has 6 heteroatoms. The topological polar surface area (TPSA) is 67.4 Å². The van der Waals surface area contributed by atoms with Crippen LogP contribution in [0.2, 0.25) is 0 Å². The van der Waals surface area contributed by atoms with Crippen LogP contribution in [0.25, 0.3) is 0 Å². The SMILES string of the molecule is COC(C)CNC(=O)C(CS)NC(C)=O. The Hall–Kier alpha value is -0.750. The number of rotatable bonds is 6. The maximum absolute atomic E-state index is 11.5. The summed E-state index contributed by atoms with van der Waals surface area (Å²) in [6.07, 6.45) is -0.0492. The molecule has 15 heavy (non-hydrogen) atoms. The molecule has 5 nitrogen and oxygen atoms in total. The van der Waals surface area contributed by atoms with Crippen molar-refractivity contribution in [2.24, 2.45) is 0 Å². The summed E-state index contributed by atoms with van der Waals surface area (Å²) in [5.74, 6) is -0.222. The zero-order valence-corrected chi connectivity index (χ0v) is 10.1. The van der Waals surface area contributed by atoms with Gasteiger partial charge in [-0.3, -0.25) is 9.59 Å². The van der Waals surface area contributed by atoms with Crippen LogP contribution >= 0.6 is 12.6 Å². The van der Waals surface area contributed by atoms with Gasteiger partial charge in [-0.25, -0.2) is 0 Å².